The molecule has 0 fully saturated rings. The molecular formula is C14H18N2O. The summed E-state index contributed by atoms with van der Waals surface area (Å²) < 4.78 is 0. The van der Waals surface area contributed by atoms with Crippen molar-refractivity contribution < 1.29 is 5.11 Å². The molecule has 17 heavy (non-hydrogen) atoms. The van der Waals surface area contributed by atoms with Crippen LogP contribution in [0.1, 0.15) is 0 Å². The SMILES string of the molecule is CN(C)N.Oc1ccc(-c2ccccc2)cc1. The summed E-state index contributed by atoms with van der Waals surface area (Å²) in [6.07, 6.45) is 0. The Labute approximate surface area is 102 Å². The second kappa shape index (κ2) is 6.68. The van der Waals surface area contributed by atoms with Gasteiger partial charge in [-0.05, 0) is 23.3 Å². The van der Waals surface area contributed by atoms with E-state index in [1.165, 1.54) is 10.6 Å². The Hall–Kier alpha value is -1.84. The van der Waals surface area contributed by atoms with Crippen molar-refractivity contribution in [3.63, 3.8) is 0 Å². The molecule has 2 aromatic carbocycles. The molecule has 3 nitrogen and oxygen atoms in total. The molecule has 0 unspecified atom stereocenters. The first-order valence-corrected chi connectivity index (χ1v) is 5.36. The molecule has 0 atom stereocenters. The van der Waals surface area contributed by atoms with Crippen molar-refractivity contribution in [3.05, 3.63) is 54.6 Å². The summed E-state index contributed by atoms with van der Waals surface area (Å²) in [6.45, 7) is 0. The lowest BCUT2D eigenvalue weighted by molar-refractivity contribution is 0.432. The topological polar surface area (TPSA) is 49.5 Å². The van der Waals surface area contributed by atoms with Gasteiger partial charge in [-0.1, -0.05) is 42.5 Å². The van der Waals surface area contributed by atoms with Crippen LogP contribution in [0, 0.1) is 0 Å². The van der Waals surface area contributed by atoms with Crippen LogP contribution in [-0.2, 0) is 0 Å². The van der Waals surface area contributed by atoms with Gasteiger partial charge in [0.05, 0.1) is 0 Å². The first-order chi connectivity index (χ1) is 8.09. The highest BCUT2D eigenvalue weighted by Crippen LogP contribution is 2.20. The van der Waals surface area contributed by atoms with Crippen LogP contribution in [0.5, 0.6) is 5.75 Å². The first-order valence-electron chi connectivity index (χ1n) is 5.36. The monoisotopic (exact) mass is 230 g/mol. The third-order valence-electron chi connectivity index (χ3n) is 1.97. The van der Waals surface area contributed by atoms with E-state index in [9.17, 15) is 0 Å². The molecule has 0 spiro atoms. The maximum Gasteiger partial charge on any atom is 0.115 e. The molecule has 3 heteroatoms. The van der Waals surface area contributed by atoms with Crippen molar-refractivity contribution in [3.8, 4) is 16.9 Å². The van der Waals surface area contributed by atoms with Gasteiger partial charge < -0.3 is 5.11 Å². The standard InChI is InChI=1S/C12H10O.C2H8N2/c13-12-8-6-11(7-9-12)10-4-2-1-3-5-10;1-4(2)3/h1-9,13H;3H2,1-2H3. The number of nitrogens with two attached hydrogens (primary N) is 1. The van der Waals surface area contributed by atoms with Gasteiger partial charge in [0.15, 0.2) is 0 Å². The minimum absolute atomic E-state index is 0.305. The second-order valence-electron chi connectivity index (χ2n) is 3.88. The van der Waals surface area contributed by atoms with E-state index in [0.29, 0.717) is 5.75 Å². The molecule has 0 radical (unpaired) electrons. The average molecular weight is 230 g/mol. The number of aromatic hydroxyl groups is 1. The Kier molecular flexibility index (Phi) is 5.20. The molecule has 0 amide bonds. The van der Waals surface area contributed by atoms with E-state index >= 15 is 0 Å². The fraction of sp³-hybridized carbons (Fsp3) is 0.143. The number of rotatable bonds is 1. The van der Waals surface area contributed by atoms with Crippen LogP contribution in [0.25, 0.3) is 11.1 Å². The molecule has 0 heterocycles. The first kappa shape index (κ1) is 13.2. The molecule has 2 rings (SSSR count). The van der Waals surface area contributed by atoms with E-state index in [4.69, 9.17) is 10.9 Å². The summed E-state index contributed by atoms with van der Waals surface area (Å²) in [6, 6.07) is 17.3. The van der Waals surface area contributed by atoms with Gasteiger partial charge in [-0.3, -0.25) is 10.9 Å². The predicted molar refractivity (Wildman–Crippen MR) is 71.4 cm³/mol. The zero-order valence-electron chi connectivity index (χ0n) is 10.2. The molecule has 0 saturated carbocycles. The maximum atomic E-state index is 9.10. The van der Waals surface area contributed by atoms with Crippen molar-refractivity contribution >= 4 is 0 Å². The predicted octanol–water partition coefficient (Wildman–Crippen LogP) is 2.48. The highest BCUT2D eigenvalue weighted by Gasteiger charge is 1.94. The highest BCUT2D eigenvalue weighted by molar-refractivity contribution is 5.63. The molecule has 0 saturated heterocycles. The Morgan fingerprint density at radius 1 is 0.824 bits per heavy atom. The van der Waals surface area contributed by atoms with E-state index in [0.717, 1.165) is 5.56 Å². The fourth-order valence-corrected chi connectivity index (χ4v) is 1.28. The Morgan fingerprint density at radius 3 is 1.71 bits per heavy atom. The Balaban J connectivity index is 0.000000317. The number of phenols is 1. The van der Waals surface area contributed by atoms with Gasteiger partial charge in [0, 0.05) is 14.1 Å². The molecule has 0 aliphatic heterocycles. The van der Waals surface area contributed by atoms with Gasteiger partial charge in [-0.2, -0.15) is 0 Å². The second-order valence-corrected chi connectivity index (χ2v) is 3.88. The molecule has 0 aliphatic rings. The summed E-state index contributed by atoms with van der Waals surface area (Å²) in [7, 11) is 3.56. The quantitative estimate of drug-likeness (QED) is 0.584. The van der Waals surface area contributed by atoms with Crippen molar-refractivity contribution in [1.29, 1.82) is 0 Å². The lowest BCUT2D eigenvalue weighted by Crippen LogP contribution is -2.18. The van der Waals surface area contributed by atoms with Gasteiger partial charge >= 0.3 is 0 Å². The van der Waals surface area contributed by atoms with Gasteiger partial charge in [-0.15, -0.1) is 0 Å². The van der Waals surface area contributed by atoms with E-state index < -0.39 is 0 Å². The summed E-state index contributed by atoms with van der Waals surface area (Å²) in [4.78, 5) is 0. The zero-order chi connectivity index (χ0) is 12.7. The van der Waals surface area contributed by atoms with Gasteiger partial charge in [-0.25, -0.2) is 0 Å². The largest absolute Gasteiger partial charge is 0.508 e. The maximum absolute atomic E-state index is 9.10. The minimum Gasteiger partial charge on any atom is -0.508 e. The van der Waals surface area contributed by atoms with E-state index in [1.54, 1.807) is 26.2 Å². The Morgan fingerprint density at radius 2 is 1.24 bits per heavy atom. The molecule has 3 N–H and O–H groups in total. The normalized spacial score (nSPS) is 9.65. The molecule has 2 aromatic rings. The van der Waals surface area contributed by atoms with E-state index in [-0.39, 0.29) is 0 Å². The van der Waals surface area contributed by atoms with Crippen LogP contribution >= 0.6 is 0 Å². The number of benzene rings is 2. The molecule has 0 aliphatic carbocycles. The van der Waals surface area contributed by atoms with Crippen molar-refractivity contribution in [1.82, 2.24) is 5.01 Å². The number of phenolic OH excluding ortho intramolecular Hbond substituents is 1. The molecule has 0 aromatic heterocycles. The van der Waals surface area contributed by atoms with Crippen LogP contribution in [0.3, 0.4) is 0 Å². The number of hydrazine groups is 1. The van der Waals surface area contributed by atoms with Gasteiger partial charge in [0.25, 0.3) is 0 Å². The lowest BCUT2D eigenvalue weighted by Gasteiger charge is -2.00. The van der Waals surface area contributed by atoms with Crippen LogP contribution in [0.15, 0.2) is 54.6 Å². The van der Waals surface area contributed by atoms with Crippen molar-refractivity contribution in [2.75, 3.05) is 14.1 Å². The van der Waals surface area contributed by atoms with E-state index in [1.807, 2.05) is 42.5 Å². The van der Waals surface area contributed by atoms with Crippen LogP contribution in [0.2, 0.25) is 0 Å². The third kappa shape index (κ3) is 5.15. The van der Waals surface area contributed by atoms with Crippen molar-refractivity contribution in [2.45, 2.75) is 0 Å². The van der Waals surface area contributed by atoms with Crippen LogP contribution in [-0.4, -0.2) is 24.2 Å². The number of nitrogens with zero attached hydrogens (tertiary/aromatic N) is 1. The van der Waals surface area contributed by atoms with Crippen LogP contribution < -0.4 is 5.84 Å². The third-order valence-corrected chi connectivity index (χ3v) is 1.97. The van der Waals surface area contributed by atoms with Crippen molar-refractivity contribution in [2.24, 2.45) is 5.84 Å². The number of hydrogen-bond donors (Lipinski definition) is 2. The lowest BCUT2D eigenvalue weighted by atomic mass is 10.1. The van der Waals surface area contributed by atoms with Gasteiger partial charge in [0.2, 0.25) is 0 Å². The summed E-state index contributed by atoms with van der Waals surface area (Å²) >= 11 is 0. The number of hydrogen-bond acceptors (Lipinski definition) is 3. The summed E-state index contributed by atoms with van der Waals surface area (Å²) in [5.41, 5.74) is 2.29. The summed E-state index contributed by atoms with van der Waals surface area (Å²) in [5.74, 6) is 5.25. The molecular weight excluding hydrogens is 212 g/mol. The van der Waals surface area contributed by atoms with Crippen LogP contribution in [0.4, 0.5) is 0 Å². The van der Waals surface area contributed by atoms with E-state index in [2.05, 4.69) is 0 Å². The average Bonchev–Trinajstić information content (AvgIpc) is 2.30. The fourth-order valence-electron chi connectivity index (χ4n) is 1.28. The Bertz CT molecular complexity index is 421. The zero-order valence-corrected chi connectivity index (χ0v) is 10.2. The summed E-state index contributed by atoms with van der Waals surface area (Å²) in [5, 5.41) is 10.6. The minimum atomic E-state index is 0.305. The highest BCUT2D eigenvalue weighted by atomic mass is 16.3. The smallest absolute Gasteiger partial charge is 0.115 e. The van der Waals surface area contributed by atoms with Gasteiger partial charge in [0.1, 0.15) is 5.75 Å². The molecule has 90 valence electrons. The molecule has 0 bridgehead atoms.